The summed E-state index contributed by atoms with van der Waals surface area (Å²) in [6.07, 6.45) is 4.71. The number of anilines is 1. The Balaban J connectivity index is 2.06. The maximum atomic E-state index is 12.6. The van der Waals surface area contributed by atoms with E-state index in [1.54, 1.807) is 4.90 Å². The third kappa shape index (κ3) is 4.42. The summed E-state index contributed by atoms with van der Waals surface area (Å²) in [5, 5.41) is 16.0. The summed E-state index contributed by atoms with van der Waals surface area (Å²) in [5.41, 5.74) is -0.936. The smallest absolute Gasteiger partial charge is 0.331 e. The van der Waals surface area contributed by atoms with Gasteiger partial charge in [0, 0.05) is 19.2 Å². The zero-order valence-electron chi connectivity index (χ0n) is 16.1. The lowest BCUT2D eigenvalue weighted by atomic mass is 9.91. The molecule has 1 fully saturated rings. The highest BCUT2D eigenvalue weighted by Gasteiger charge is 2.36. The molecule has 0 spiro atoms. The topological polar surface area (TPSA) is 105 Å². The van der Waals surface area contributed by atoms with E-state index in [4.69, 9.17) is 0 Å². The molecule has 144 valence electrons. The van der Waals surface area contributed by atoms with Crippen molar-refractivity contribution in [1.82, 2.24) is 14.7 Å². The summed E-state index contributed by atoms with van der Waals surface area (Å²) in [5.74, 6) is -1.30. The van der Waals surface area contributed by atoms with E-state index in [0.29, 0.717) is 25.1 Å². The van der Waals surface area contributed by atoms with E-state index in [0.717, 1.165) is 6.42 Å². The summed E-state index contributed by atoms with van der Waals surface area (Å²) < 4.78 is 1.29. The summed E-state index contributed by atoms with van der Waals surface area (Å²) in [4.78, 5) is 38.1. The number of aromatic nitrogens is 2. The van der Waals surface area contributed by atoms with Gasteiger partial charge >= 0.3 is 5.97 Å². The Morgan fingerprint density at radius 3 is 2.50 bits per heavy atom. The van der Waals surface area contributed by atoms with Gasteiger partial charge in [-0.1, -0.05) is 20.8 Å². The van der Waals surface area contributed by atoms with Crippen molar-refractivity contribution >= 4 is 23.5 Å². The van der Waals surface area contributed by atoms with Crippen molar-refractivity contribution in [2.24, 2.45) is 5.41 Å². The molecule has 2 rings (SSSR count). The summed E-state index contributed by atoms with van der Waals surface area (Å²) in [6, 6.07) is -0.499. The largest absolute Gasteiger partial charge is 0.479 e. The zero-order chi connectivity index (χ0) is 19.7. The number of hydrogen-bond donors (Lipinski definition) is 2. The van der Waals surface area contributed by atoms with Crippen molar-refractivity contribution in [2.45, 2.75) is 65.5 Å². The van der Waals surface area contributed by atoms with Crippen LogP contribution >= 0.6 is 0 Å². The Morgan fingerprint density at radius 1 is 1.27 bits per heavy atom. The molecule has 1 aromatic heterocycles. The fraction of sp³-hybridized carbons (Fsp3) is 0.667. The minimum Gasteiger partial charge on any atom is -0.479 e. The number of nitrogens with zero attached hydrogens (tertiary/aromatic N) is 3. The third-order valence-electron chi connectivity index (χ3n) is 4.50. The lowest BCUT2D eigenvalue weighted by Gasteiger charge is -2.27. The summed E-state index contributed by atoms with van der Waals surface area (Å²) in [6.45, 7) is 9.62. The van der Waals surface area contributed by atoms with Crippen LogP contribution in [-0.4, -0.2) is 50.2 Å². The molecule has 0 aromatic carbocycles. The number of aliphatic carboxylic acids is 1. The Kier molecular flexibility index (Phi) is 5.44. The number of carbonyl (C=O) groups is 3. The number of carboxylic acid groups (broad SMARTS) is 1. The van der Waals surface area contributed by atoms with Gasteiger partial charge in [0.1, 0.15) is 6.04 Å². The van der Waals surface area contributed by atoms with Crippen molar-refractivity contribution in [1.29, 1.82) is 0 Å². The van der Waals surface area contributed by atoms with Gasteiger partial charge in [0.05, 0.1) is 11.9 Å². The molecule has 0 radical (unpaired) electrons. The standard InChI is InChI=1S/C18H28N4O4/c1-17(2,3)9-14(23)21-8-6-7-13(21)15(24)20-12-10-19-22(11-12)18(4,5)16(25)26/h10-11,13H,6-9H2,1-5H3,(H,20,24)(H,25,26). The molecule has 2 amide bonds. The third-order valence-corrected chi connectivity index (χ3v) is 4.50. The molecule has 8 nitrogen and oxygen atoms in total. The van der Waals surface area contributed by atoms with Gasteiger partial charge in [-0.15, -0.1) is 0 Å². The number of rotatable bonds is 5. The number of hydrogen-bond acceptors (Lipinski definition) is 4. The molecule has 0 bridgehead atoms. The lowest BCUT2D eigenvalue weighted by molar-refractivity contribution is -0.146. The second-order valence-electron chi connectivity index (χ2n) is 8.51. The van der Waals surface area contributed by atoms with Crippen LogP contribution in [0.1, 0.15) is 53.9 Å². The highest BCUT2D eigenvalue weighted by atomic mass is 16.4. The maximum Gasteiger partial charge on any atom is 0.331 e. The summed E-state index contributed by atoms with van der Waals surface area (Å²) in [7, 11) is 0. The van der Waals surface area contributed by atoms with Crippen LogP contribution in [-0.2, 0) is 19.9 Å². The highest BCUT2D eigenvalue weighted by molar-refractivity contribution is 5.97. The second kappa shape index (κ2) is 7.09. The van der Waals surface area contributed by atoms with Gasteiger partial charge in [-0.2, -0.15) is 5.10 Å². The van der Waals surface area contributed by atoms with Gasteiger partial charge < -0.3 is 15.3 Å². The molecule has 1 unspecified atom stereocenters. The van der Waals surface area contributed by atoms with Crippen molar-refractivity contribution in [3.8, 4) is 0 Å². The van der Waals surface area contributed by atoms with Gasteiger partial charge in [-0.3, -0.25) is 14.3 Å². The van der Waals surface area contributed by atoms with Gasteiger partial charge in [0.15, 0.2) is 5.54 Å². The first kappa shape index (κ1) is 19.9. The van der Waals surface area contributed by atoms with Crippen LogP contribution in [0.2, 0.25) is 0 Å². The van der Waals surface area contributed by atoms with Crippen LogP contribution < -0.4 is 5.32 Å². The van der Waals surface area contributed by atoms with E-state index >= 15 is 0 Å². The zero-order valence-corrected chi connectivity index (χ0v) is 16.1. The van der Waals surface area contributed by atoms with E-state index in [9.17, 15) is 19.5 Å². The normalized spacial score (nSPS) is 18.0. The fourth-order valence-electron chi connectivity index (χ4n) is 2.91. The van der Waals surface area contributed by atoms with E-state index in [2.05, 4.69) is 10.4 Å². The number of amides is 2. The van der Waals surface area contributed by atoms with Crippen molar-refractivity contribution < 1.29 is 19.5 Å². The molecule has 1 aliphatic heterocycles. The van der Waals surface area contributed by atoms with E-state index in [1.807, 2.05) is 20.8 Å². The Bertz CT molecular complexity index is 702. The first-order valence-electron chi connectivity index (χ1n) is 8.81. The predicted molar refractivity (Wildman–Crippen MR) is 96.6 cm³/mol. The van der Waals surface area contributed by atoms with Crippen LogP contribution in [0.15, 0.2) is 12.4 Å². The molecule has 1 saturated heterocycles. The SMILES string of the molecule is CC(C)(C)CC(=O)N1CCCC1C(=O)Nc1cnn(C(C)(C)C(=O)O)c1. The molecule has 0 saturated carbocycles. The van der Waals surface area contributed by atoms with Crippen LogP contribution in [0.5, 0.6) is 0 Å². The molecular formula is C18H28N4O4. The highest BCUT2D eigenvalue weighted by Crippen LogP contribution is 2.26. The van der Waals surface area contributed by atoms with Gasteiger partial charge in [0.25, 0.3) is 0 Å². The molecule has 1 aliphatic rings. The molecule has 26 heavy (non-hydrogen) atoms. The lowest BCUT2D eigenvalue weighted by Crippen LogP contribution is -2.44. The number of carboxylic acids is 1. The first-order valence-corrected chi connectivity index (χ1v) is 8.81. The van der Waals surface area contributed by atoms with Crippen LogP contribution in [0.4, 0.5) is 5.69 Å². The number of nitrogens with one attached hydrogen (secondary N) is 1. The molecule has 2 N–H and O–H groups in total. The average molecular weight is 364 g/mol. The quantitative estimate of drug-likeness (QED) is 0.832. The van der Waals surface area contributed by atoms with Gasteiger partial charge in [-0.05, 0) is 32.1 Å². The summed E-state index contributed by atoms with van der Waals surface area (Å²) >= 11 is 0. The van der Waals surface area contributed by atoms with Crippen LogP contribution in [0.25, 0.3) is 0 Å². The molecule has 1 aromatic rings. The van der Waals surface area contributed by atoms with E-state index < -0.39 is 17.6 Å². The van der Waals surface area contributed by atoms with Crippen molar-refractivity contribution in [3.63, 3.8) is 0 Å². The molecule has 2 heterocycles. The molecule has 1 atom stereocenters. The van der Waals surface area contributed by atoms with Gasteiger partial charge in [-0.25, -0.2) is 4.79 Å². The Hall–Kier alpha value is -2.38. The van der Waals surface area contributed by atoms with Crippen molar-refractivity contribution in [2.75, 3.05) is 11.9 Å². The minimum absolute atomic E-state index is 0.0159. The van der Waals surface area contributed by atoms with Gasteiger partial charge in [0.2, 0.25) is 11.8 Å². The molecule has 0 aliphatic carbocycles. The molecule has 8 heteroatoms. The van der Waals surface area contributed by atoms with E-state index in [1.165, 1.54) is 30.9 Å². The first-order chi connectivity index (χ1) is 11.9. The monoisotopic (exact) mass is 364 g/mol. The second-order valence-corrected chi connectivity index (χ2v) is 8.51. The predicted octanol–water partition coefficient (Wildman–Crippen LogP) is 2.07. The average Bonchev–Trinajstić information content (AvgIpc) is 3.14. The number of carbonyl (C=O) groups excluding carboxylic acids is 2. The Morgan fingerprint density at radius 2 is 1.92 bits per heavy atom. The van der Waals surface area contributed by atoms with Crippen LogP contribution in [0.3, 0.4) is 0 Å². The maximum absolute atomic E-state index is 12.6. The molecular weight excluding hydrogens is 336 g/mol. The van der Waals surface area contributed by atoms with E-state index in [-0.39, 0.29) is 17.2 Å². The number of likely N-dealkylation sites (tertiary alicyclic amines) is 1. The van der Waals surface area contributed by atoms with Crippen molar-refractivity contribution in [3.05, 3.63) is 12.4 Å². The van der Waals surface area contributed by atoms with Crippen LogP contribution in [0, 0.1) is 5.41 Å². The minimum atomic E-state index is -1.22. The Labute approximate surface area is 153 Å². The fourth-order valence-corrected chi connectivity index (χ4v) is 2.91.